The first kappa shape index (κ1) is 15.7. The summed E-state index contributed by atoms with van der Waals surface area (Å²) in [5.41, 5.74) is 1.25. The number of rotatable bonds is 4. The molecule has 0 spiro atoms. The van der Waals surface area contributed by atoms with Crippen molar-refractivity contribution in [2.75, 3.05) is 38.2 Å². The molecule has 3 heteroatoms. The largest absolute Gasteiger partial charge is 0.495 e. The van der Waals surface area contributed by atoms with Gasteiger partial charge in [0.2, 0.25) is 0 Å². The Morgan fingerprint density at radius 3 is 2.32 bits per heavy atom. The first-order valence-electron chi connectivity index (χ1n) is 8.93. The molecule has 2 fully saturated rings. The van der Waals surface area contributed by atoms with Crippen molar-refractivity contribution >= 4 is 5.69 Å². The Morgan fingerprint density at radius 2 is 1.68 bits per heavy atom. The van der Waals surface area contributed by atoms with E-state index < -0.39 is 0 Å². The van der Waals surface area contributed by atoms with Gasteiger partial charge in [-0.05, 0) is 43.7 Å². The molecule has 3 nitrogen and oxygen atoms in total. The van der Waals surface area contributed by atoms with Gasteiger partial charge in [-0.25, -0.2) is 0 Å². The van der Waals surface area contributed by atoms with Gasteiger partial charge in [0.25, 0.3) is 0 Å². The Balaban J connectivity index is 1.54. The number of ether oxygens (including phenoxy) is 1. The molecule has 0 aromatic heterocycles. The second-order valence-electron chi connectivity index (χ2n) is 6.78. The van der Waals surface area contributed by atoms with Crippen molar-refractivity contribution in [3.05, 3.63) is 24.3 Å². The van der Waals surface area contributed by atoms with Gasteiger partial charge in [0.05, 0.1) is 12.8 Å². The van der Waals surface area contributed by atoms with Crippen molar-refractivity contribution in [1.29, 1.82) is 0 Å². The molecule has 22 heavy (non-hydrogen) atoms. The molecule has 0 radical (unpaired) electrons. The fourth-order valence-corrected chi connectivity index (χ4v) is 4.14. The zero-order valence-corrected chi connectivity index (χ0v) is 14.1. The van der Waals surface area contributed by atoms with E-state index in [2.05, 4.69) is 34.9 Å². The third-order valence-corrected chi connectivity index (χ3v) is 5.65. The van der Waals surface area contributed by atoms with E-state index in [1.165, 1.54) is 50.9 Å². The predicted octanol–water partition coefficient (Wildman–Crippen LogP) is 3.79. The van der Waals surface area contributed by atoms with E-state index in [1.807, 2.05) is 6.07 Å². The van der Waals surface area contributed by atoms with E-state index >= 15 is 0 Å². The number of hydrogen-bond acceptors (Lipinski definition) is 3. The second kappa shape index (κ2) is 7.36. The van der Waals surface area contributed by atoms with Gasteiger partial charge in [-0.2, -0.15) is 0 Å². The van der Waals surface area contributed by atoms with Crippen LogP contribution in [0.1, 0.15) is 39.0 Å². The molecule has 1 heterocycles. The molecule has 1 aliphatic heterocycles. The van der Waals surface area contributed by atoms with Crippen LogP contribution in [0.2, 0.25) is 0 Å². The van der Waals surface area contributed by atoms with Gasteiger partial charge in [0.1, 0.15) is 5.75 Å². The van der Waals surface area contributed by atoms with Gasteiger partial charge in [0.15, 0.2) is 0 Å². The highest BCUT2D eigenvalue weighted by Crippen LogP contribution is 2.32. The van der Waals surface area contributed by atoms with Gasteiger partial charge in [0, 0.05) is 32.2 Å². The molecule has 3 rings (SSSR count). The molecule has 1 saturated carbocycles. The van der Waals surface area contributed by atoms with Gasteiger partial charge in [-0.3, -0.25) is 4.90 Å². The van der Waals surface area contributed by atoms with Crippen LogP contribution in [0.5, 0.6) is 5.75 Å². The molecular formula is C19H30N2O. The lowest BCUT2D eigenvalue weighted by Crippen LogP contribution is -2.51. The summed E-state index contributed by atoms with van der Waals surface area (Å²) in [6, 6.07) is 9.23. The highest BCUT2D eigenvalue weighted by Gasteiger charge is 2.28. The lowest BCUT2D eigenvalue weighted by atomic mass is 9.84. The summed E-state index contributed by atoms with van der Waals surface area (Å²) in [6.45, 7) is 6.97. The molecule has 1 aliphatic carbocycles. The normalized spacial score (nSPS) is 26.9. The van der Waals surface area contributed by atoms with Gasteiger partial charge >= 0.3 is 0 Å². The summed E-state index contributed by atoms with van der Waals surface area (Å²) < 4.78 is 5.51. The lowest BCUT2D eigenvalue weighted by Gasteiger charge is -2.42. The minimum Gasteiger partial charge on any atom is -0.495 e. The summed E-state index contributed by atoms with van der Waals surface area (Å²) in [5.74, 6) is 1.99. The molecule has 122 valence electrons. The zero-order valence-electron chi connectivity index (χ0n) is 14.1. The highest BCUT2D eigenvalue weighted by molar-refractivity contribution is 5.58. The van der Waals surface area contributed by atoms with E-state index in [1.54, 1.807) is 7.11 Å². The van der Waals surface area contributed by atoms with Crippen LogP contribution in [0.15, 0.2) is 24.3 Å². The van der Waals surface area contributed by atoms with Crippen LogP contribution < -0.4 is 9.64 Å². The standard InChI is InChI=1S/C19H30N2O/c1-3-16-8-10-17(11-9-16)20-12-14-21(15-13-20)18-6-4-5-7-19(18)22-2/h4-7,16-17H,3,8-15H2,1-2H3. The summed E-state index contributed by atoms with van der Waals surface area (Å²) in [5, 5.41) is 0. The first-order chi connectivity index (χ1) is 10.8. The van der Waals surface area contributed by atoms with Crippen LogP contribution >= 0.6 is 0 Å². The smallest absolute Gasteiger partial charge is 0.142 e. The third kappa shape index (κ3) is 3.40. The number of anilines is 1. The van der Waals surface area contributed by atoms with Crippen LogP contribution in [-0.4, -0.2) is 44.2 Å². The molecule has 1 aromatic rings. The Morgan fingerprint density at radius 1 is 1.00 bits per heavy atom. The van der Waals surface area contributed by atoms with E-state index in [4.69, 9.17) is 4.74 Å². The minimum atomic E-state index is 0.836. The fourth-order valence-electron chi connectivity index (χ4n) is 4.14. The van der Waals surface area contributed by atoms with Crippen molar-refractivity contribution in [1.82, 2.24) is 4.90 Å². The van der Waals surface area contributed by atoms with Crippen molar-refractivity contribution in [2.24, 2.45) is 5.92 Å². The molecule has 0 atom stereocenters. The Hall–Kier alpha value is -1.22. The van der Waals surface area contributed by atoms with Crippen LogP contribution in [0.3, 0.4) is 0 Å². The van der Waals surface area contributed by atoms with Gasteiger partial charge in [-0.1, -0.05) is 25.5 Å². The molecule has 0 unspecified atom stereocenters. The maximum atomic E-state index is 5.51. The monoisotopic (exact) mass is 302 g/mol. The number of nitrogens with zero attached hydrogens (tertiary/aromatic N) is 2. The summed E-state index contributed by atoms with van der Waals surface area (Å²) in [4.78, 5) is 5.21. The molecule has 0 N–H and O–H groups in total. The highest BCUT2D eigenvalue weighted by atomic mass is 16.5. The van der Waals surface area contributed by atoms with E-state index in [0.717, 1.165) is 30.8 Å². The van der Waals surface area contributed by atoms with Gasteiger partial charge in [-0.15, -0.1) is 0 Å². The van der Waals surface area contributed by atoms with E-state index in [0.29, 0.717) is 0 Å². The maximum Gasteiger partial charge on any atom is 0.142 e. The quantitative estimate of drug-likeness (QED) is 0.841. The van der Waals surface area contributed by atoms with Crippen molar-refractivity contribution < 1.29 is 4.74 Å². The van der Waals surface area contributed by atoms with Crippen molar-refractivity contribution in [3.63, 3.8) is 0 Å². The average Bonchev–Trinajstić information content (AvgIpc) is 2.62. The molecule has 1 saturated heterocycles. The number of para-hydroxylation sites is 2. The SMILES string of the molecule is CCC1CCC(N2CCN(c3ccccc3OC)CC2)CC1. The molecular weight excluding hydrogens is 272 g/mol. The van der Waals surface area contributed by atoms with E-state index in [9.17, 15) is 0 Å². The van der Waals surface area contributed by atoms with Crippen LogP contribution in [-0.2, 0) is 0 Å². The molecule has 1 aromatic carbocycles. The van der Waals surface area contributed by atoms with E-state index in [-0.39, 0.29) is 0 Å². The first-order valence-corrected chi connectivity index (χ1v) is 8.93. The van der Waals surface area contributed by atoms with Crippen LogP contribution in [0, 0.1) is 5.92 Å². The summed E-state index contributed by atoms with van der Waals surface area (Å²) >= 11 is 0. The Bertz CT molecular complexity index is 460. The maximum absolute atomic E-state index is 5.51. The van der Waals surface area contributed by atoms with Crippen molar-refractivity contribution in [2.45, 2.75) is 45.1 Å². The Labute approximate surface area is 135 Å². The predicted molar refractivity (Wildman–Crippen MR) is 92.8 cm³/mol. The number of hydrogen-bond donors (Lipinski definition) is 0. The summed E-state index contributed by atoms with van der Waals surface area (Å²) in [7, 11) is 1.77. The van der Waals surface area contributed by atoms with Crippen LogP contribution in [0.4, 0.5) is 5.69 Å². The fraction of sp³-hybridized carbons (Fsp3) is 0.684. The summed E-state index contributed by atoms with van der Waals surface area (Å²) in [6.07, 6.45) is 7.07. The van der Waals surface area contributed by atoms with Crippen molar-refractivity contribution in [3.8, 4) is 5.75 Å². The molecule has 2 aliphatic rings. The Kier molecular flexibility index (Phi) is 5.24. The zero-order chi connectivity index (χ0) is 15.4. The third-order valence-electron chi connectivity index (χ3n) is 5.65. The number of piperazine rings is 1. The number of methoxy groups -OCH3 is 1. The second-order valence-corrected chi connectivity index (χ2v) is 6.78. The molecule has 0 amide bonds. The average molecular weight is 302 g/mol. The molecule has 0 bridgehead atoms. The minimum absolute atomic E-state index is 0.836. The lowest BCUT2D eigenvalue weighted by molar-refractivity contribution is 0.128. The topological polar surface area (TPSA) is 15.7 Å². The van der Waals surface area contributed by atoms with Crippen LogP contribution in [0.25, 0.3) is 0 Å². The van der Waals surface area contributed by atoms with Gasteiger partial charge < -0.3 is 9.64 Å². The number of benzene rings is 1.